The highest BCUT2D eigenvalue weighted by atomic mass is 16.4. The summed E-state index contributed by atoms with van der Waals surface area (Å²) < 4.78 is 0. The van der Waals surface area contributed by atoms with Gasteiger partial charge in [-0.25, -0.2) is 29.0 Å². The summed E-state index contributed by atoms with van der Waals surface area (Å²) in [5.41, 5.74) is -5.62. The van der Waals surface area contributed by atoms with Crippen LogP contribution in [0.25, 0.3) is 11.3 Å². The van der Waals surface area contributed by atoms with Gasteiger partial charge in [0, 0.05) is 5.56 Å². The van der Waals surface area contributed by atoms with Gasteiger partial charge in [0.05, 0.1) is 16.8 Å². The Bertz CT molecular complexity index is 953. The Kier molecular flexibility index (Phi) is 4.43. The number of carboxylic acid groups (broad SMARTS) is 5. The predicted octanol–water partition coefficient (Wildman–Crippen LogP) is 0.568. The molecule has 0 atom stereocenters. The molecule has 0 aliphatic rings. The van der Waals surface area contributed by atoms with Gasteiger partial charge in [-0.15, -0.1) is 0 Å². The average molecular weight is 364 g/mol. The van der Waals surface area contributed by atoms with Crippen LogP contribution in [0.5, 0.6) is 0 Å². The van der Waals surface area contributed by atoms with Gasteiger partial charge in [-0.3, -0.25) is 0 Å². The van der Waals surface area contributed by atoms with Crippen LogP contribution in [0, 0.1) is 0 Å². The van der Waals surface area contributed by atoms with Crippen LogP contribution in [-0.4, -0.2) is 65.3 Å². The lowest BCUT2D eigenvalue weighted by Crippen LogP contribution is -2.15. The molecule has 12 nitrogen and oxygen atoms in total. The number of H-pyrrole nitrogens is 1. The first-order chi connectivity index (χ1) is 12.0. The Morgan fingerprint density at radius 3 is 1.73 bits per heavy atom. The molecule has 2 aromatic heterocycles. The van der Waals surface area contributed by atoms with E-state index in [1.165, 1.54) is 0 Å². The van der Waals surface area contributed by atoms with Crippen LogP contribution in [0.2, 0.25) is 0 Å². The van der Waals surface area contributed by atoms with Crippen molar-refractivity contribution >= 4 is 29.8 Å². The van der Waals surface area contributed by atoms with E-state index < -0.39 is 69.3 Å². The fourth-order valence-corrected chi connectivity index (χ4v) is 2.17. The van der Waals surface area contributed by atoms with Crippen LogP contribution in [0.3, 0.4) is 0 Å². The quantitative estimate of drug-likeness (QED) is 0.416. The molecule has 0 saturated carbocycles. The van der Waals surface area contributed by atoms with Gasteiger partial charge < -0.3 is 30.5 Å². The Morgan fingerprint density at radius 2 is 1.31 bits per heavy atom. The molecule has 0 fully saturated rings. The van der Waals surface area contributed by atoms with Crippen LogP contribution < -0.4 is 0 Å². The molecule has 0 bridgehead atoms. The van der Waals surface area contributed by atoms with Crippen LogP contribution in [0.15, 0.2) is 12.1 Å². The number of aromatic amines is 1. The van der Waals surface area contributed by atoms with E-state index in [0.29, 0.717) is 12.1 Å². The van der Waals surface area contributed by atoms with Crippen molar-refractivity contribution < 1.29 is 49.5 Å². The molecule has 6 N–H and O–H groups in total. The van der Waals surface area contributed by atoms with E-state index in [-0.39, 0.29) is 0 Å². The number of aromatic nitrogens is 2. The molecule has 2 aromatic rings. The summed E-state index contributed by atoms with van der Waals surface area (Å²) in [4.78, 5) is 61.8. The summed E-state index contributed by atoms with van der Waals surface area (Å²) in [7, 11) is 0. The van der Waals surface area contributed by atoms with Crippen LogP contribution >= 0.6 is 0 Å². The van der Waals surface area contributed by atoms with Gasteiger partial charge in [-0.05, 0) is 12.1 Å². The summed E-state index contributed by atoms with van der Waals surface area (Å²) in [5.74, 6) is -8.57. The van der Waals surface area contributed by atoms with E-state index in [0.717, 1.165) is 0 Å². The number of aromatic carboxylic acids is 5. The minimum absolute atomic E-state index is 0.541. The summed E-state index contributed by atoms with van der Waals surface area (Å²) in [6.07, 6.45) is 0. The number of rotatable bonds is 6. The highest BCUT2D eigenvalue weighted by Gasteiger charge is 2.30. The maximum Gasteiger partial charge on any atom is 0.355 e. The third-order valence-corrected chi connectivity index (χ3v) is 3.20. The highest BCUT2D eigenvalue weighted by Crippen LogP contribution is 2.31. The largest absolute Gasteiger partial charge is 0.478 e. The minimum Gasteiger partial charge on any atom is -0.478 e. The van der Waals surface area contributed by atoms with Crippen molar-refractivity contribution in [2.24, 2.45) is 0 Å². The van der Waals surface area contributed by atoms with Crippen LogP contribution in [0.1, 0.15) is 52.2 Å². The van der Waals surface area contributed by atoms with Gasteiger partial charge in [-0.1, -0.05) is 0 Å². The van der Waals surface area contributed by atoms with Gasteiger partial charge in [0.25, 0.3) is 0 Å². The zero-order valence-electron chi connectivity index (χ0n) is 12.4. The number of pyridine rings is 1. The molecule has 0 spiro atoms. The molecule has 0 radical (unpaired) electrons. The van der Waals surface area contributed by atoms with Gasteiger partial charge >= 0.3 is 29.8 Å². The first-order valence-electron chi connectivity index (χ1n) is 6.49. The number of hydrogen-bond acceptors (Lipinski definition) is 6. The molecule has 2 heterocycles. The fraction of sp³-hybridized carbons (Fsp3) is 0. The maximum absolute atomic E-state index is 11.5. The van der Waals surface area contributed by atoms with E-state index >= 15 is 0 Å². The molecular formula is C14H8N2O10. The molecule has 26 heavy (non-hydrogen) atoms. The third-order valence-electron chi connectivity index (χ3n) is 3.20. The molecule has 0 amide bonds. The first kappa shape index (κ1) is 18.1. The first-order valence-corrected chi connectivity index (χ1v) is 6.49. The number of carboxylic acids is 5. The second kappa shape index (κ2) is 6.35. The Balaban J connectivity index is 2.99. The van der Waals surface area contributed by atoms with Crippen LogP contribution in [-0.2, 0) is 0 Å². The molecule has 0 aliphatic heterocycles. The summed E-state index contributed by atoms with van der Waals surface area (Å²) >= 11 is 0. The van der Waals surface area contributed by atoms with Gasteiger partial charge in [0.1, 0.15) is 11.4 Å². The molecule has 12 heteroatoms. The lowest BCUT2D eigenvalue weighted by Gasteiger charge is -2.10. The van der Waals surface area contributed by atoms with Crippen molar-refractivity contribution in [3.63, 3.8) is 0 Å². The third kappa shape index (κ3) is 3.06. The second-order valence-corrected chi connectivity index (χ2v) is 4.78. The van der Waals surface area contributed by atoms with E-state index in [1.54, 1.807) is 0 Å². The fourth-order valence-electron chi connectivity index (χ4n) is 2.17. The Labute approximate surface area is 142 Å². The van der Waals surface area contributed by atoms with Crippen molar-refractivity contribution in [2.45, 2.75) is 0 Å². The zero-order chi connectivity index (χ0) is 19.8. The van der Waals surface area contributed by atoms with Crippen molar-refractivity contribution in [1.82, 2.24) is 9.97 Å². The number of carbonyl (C=O) groups is 5. The standard InChI is InChI=1S/C14H8N2O10/c17-10(18)3-1-5(12(21)22)16-9(14(25)26)7(3)8-4(11(19)20)2-6(15-8)13(23)24/h1-2,15H,(H,17,18)(H,19,20)(H,21,22)(H,23,24)(H,25,26). The smallest absolute Gasteiger partial charge is 0.355 e. The summed E-state index contributed by atoms with van der Waals surface area (Å²) in [5, 5.41) is 45.7. The van der Waals surface area contributed by atoms with E-state index in [4.69, 9.17) is 10.2 Å². The lowest BCUT2D eigenvalue weighted by molar-refractivity contribution is 0.0666. The van der Waals surface area contributed by atoms with Crippen LogP contribution in [0.4, 0.5) is 0 Å². The zero-order valence-corrected chi connectivity index (χ0v) is 12.4. The van der Waals surface area contributed by atoms with Crippen molar-refractivity contribution in [3.8, 4) is 11.3 Å². The Hall–Kier alpha value is -4.22. The average Bonchev–Trinajstić information content (AvgIpc) is 2.98. The van der Waals surface area contributed by atoms with E-state index in [9.17, 15) is 39.3 Å². The number of nitrogens with one attached hydrogen (secondary N) is 1. The van der Waals surface area contributed by atoms with Gasteiger partial charge in [-0.2, -0.15) is 0 Å². The lowest BCUT2D eigenvalue weighted by atomic mass is 9.99. The topological polar surface area (TPSA) is 215 Å². The summed E-state index contributed by atoms with van der Waals surface area (Å²) in [6, 6.07) is 1.21. The van der Waals surface area contributed by atoms with Crippen molar-refractivity contribution in [2.75, 3.05) is 0 Å². The molecular weight excluding hydrogens is 356 g/mol. The predicted molar refractivity (Wildman–Crippen MR) is 78.8 cm³/mol. The van der Waals surface area contributed by atoms with Crippen molar-refractivity contribution in [1.29, 1.82) is 0 Å². The normalized spacial score (nSPS) is 10.3. The van der Waals surface area contributed by atoms with E-state index in [1.807, 2.05) is 0 Å². The summed E-state index contributed by atoms with van der Waals surface area (Å²) in [6.45, 7) is 0. The molecule has 0 saturated heterocycles. The molecule has 0 aliphatic carbocycles. The second-order valence-electron chi connectivity index (χ2n) is 4.78. The SMILES string of the molecule is O=C(O)c1cc(C(=O)O)c(-c2[nH]c(C(=O)O)cc2C(=O)O)c(C(=O)O)n1. The minimum atomic E-state index is -1.84. The Morgan fingerprint density at radius 1 is 0.731 bits per heavy atom. The molecule has 134 valence electrons. The number of nitrogens with zero attached hydrogens (tertiary/aromatic N) is 1. The van der Waals surface area contributed by atoms with Gasteiger partial charge in [0.2, 0.25) is 0 Å². The molecule has 0 aromatic carbocycles. The maximum atomic E-state index is 11.5. The molecule has 0 unspecified atom stereocenters. The van der Waals surface area contributed by atoms with E-state index in [2.05, 4.69) is 9.97 Å². The molecule has 2 rings (SSSR count). The van der Waals surface area contributed by atoms with Crippen molar-refractivity contribution in [3.05, 3.63) is 40.3 Å². The number of hydrogen-bond donors (Lipinski definition) is 6. The monoisotopic (exact) mass is 364 g/mol. The van der Waals surface area contributed by atoms with Gasteiger partial charge in [0.15, 0.2) is 5.69 Å². The highest BCUT2D eigenvalue weighted by molar-refractivity contribution is 6.09.